The summed E-state index contributed by atoms with van der Waals surface area (Å²) in [6.45, 7) is 4.78. The highest BCUT2D eigenvalue weighted by Crippen LogP contribution is 2.46. The summed E-state index contributed by atoms with van der Waals surface area (Å²) in [4.78, 5) is 48.5. The minimum atomic E-state index is -1.09. The van der Waals surface area contributed by atoms with Crippen molar-refractivity contribution in [1.82, 2.24) is 19.7 Å². The molecule has 0 saturated carbocycles. The van der Waals surface area contributed by atoms with E-state index in [1.807, 2.05) is 11.8 Å². The molecule has 13 heteroatoms. The number of piperazine rings is 2. The number of anilines is 1. The van der Waals surface area contributed by atoms with Gasteiger partial charge in [-0.2, -0.15) is 0 Å². The number of benzene rings is 1. The number of pyridine rings is 1. The summed E-state index contributed by atoms with van der Waals surface area (Å²) in [5.41, 5.74) is -0.229. The number of phenolic OH excluding ortho intramolecular Hbond substituents is 1. The van der Waals surface area contributed by atoms with Gasteiger partial charge in [0, 0.05) is 52.2 Å². The van der Waals surface area contributed by atoms with Crippen LogP contribution in [-0.2, 0) is 4.79 Å². The van der Waals surface area contributed by atoms with Gasteiger partial charge in [-0.15, -0.1) is 0 Å². The van der Waals surface area contributed by atoms with Crippen LogP contribution < -0.4 is 9.64 Å². The highest BCUT2D eigenvalue weighted by Gasteiger charge is 2.42. The SMILES string of the molecule is CC(=O)N1CCN(c2nc(-c3c(O)cccc3F)c(Cl)c3c2C(=O)N2CCN(C(=O)O)C[C@@H]2CO3)[C@@H](C)C1. The van der Waals surface area contributed by atoms with Crippen LogP contribution in [0.2, 0.25) is 5.02 Å². The van der Waals surface area contributed by atoms with Gasteiger partial charge in [0.25, 0.3) is 5.91 Å². The smallest absolute Gasteiger partial charge is 0.407 e. The van der Waals surface area contributed by atoms with Crippen LogP contribution in [0.4, 0.5) is 15.0 Å². The molecule has 3 amide bonds. The number of amides is 3. The highest BCUT2D eigenvalue weighted by molar-refractivity contribution is 6.35. The van der Waals surface area contributed by atoms with Gasteiger partial charge in [0.2, 0.25) is 5.91 Å². The molecule has 2 fully saturated rings. The standard InChI is InChI=1S/C25H27ClFN5O6/c1-13-10-29(14(2)33)6-8-31(13)23-19-22(20(26)21(28-23)18-16(27)4-3-5-17(18)34)38-12-15-11-30(25(36)37)7-9-32(15)24(19)35/h3-5,13,15,34H,6-12H2,1-2H3,(H,36,37)/t13-,15+/m0/s1. The molecular formula is C25H27ClFN5O6. The number of hydrogen-bond acceptors (Lipinski definition) is 7. The van der Waals surface area contributed by atoms with Crippen molar-refractivity contribution >= 4 is 35.3 Å². The van der Waals surface area contributed by atoms with E-state index in [1.165, 1.54) is 30.0 Å². The number of aromatic nitrogens is 1. The summed E-state index contributed by atoms with van der Waals surface area (Å²) < 4.78 is 21.0. The molecule has 1 aromatic carbocycles. The summed E-state index contributed by atoms with van der Waals surface area (Å²) in [7, 11) is 0. The normalized spacial score (nSPS) is 21.4. The number of nitrogens with zero attached hydrogens (tertiary/aromatic N) is 5. The average Bonchev–Trinajstić information content (AvgIpc) is 3.02. The number of hydrogen-bond donors (Lipinski definition) is 2. The number of carbonyl (C=O) groups excluding carboxylic acids is 2. The van der Waals surface area contributed by atoms with Crippen LogP contribution in [0.1, 0.15) is 24.2 Å². The van der Waals surface area contributed by atoms with Crippen molar-refractivity contribution in [2.45, 2.75) is 25.9 Å². The lowest BCUT2D eigenvalue weighted by Gasteiger charge is -2.41. The molecule has 38 heavy (non-hydrogen) atoms. The fourth-order valence-electron chi connectivity index (χ4n) is 5.30. The Labute approximate surface area is 222 Å². The first-order valence-electron chi connectivity index (χ1n) is 12.2. The van der Waals surface area contributed by atoms with Gasteiger partial charge < -0.3 is 34.5 Å². The molecule has 4 heterocycles. The van der Waals surface area contributed by atoms with Gasteiger partial charge in [-0.25, -0.2) is 14.2 Å². The van der Waals surface area contributed by atoms with Crippen molar-refractivity contribution < 1.29 is 33.7 Å². The van der Waals surface area contributed by atoms with Crippen LogP contribution >= 0.6 is 11.6 Å². The molecule has 0 bridgehead atoms. The van der Waals surface area contributed by atoms with Gasteiger partial charge in [0.05, 0.1) is 11.6 Å². The van der Waals surface area contributed by atoms with Crippen LogP contribution in [-0.4, -0.2) is 106 Å². The molecule has 2 atom stereocenters. The number of ether oxygens (including phenoxy) is 1. The number of carboxylic acid groups (broad SMARTS) is 1. The third kappa shape index (κ3) is 4.32. The van der Waals surface area contributed by atoms with Gasteiger partial charge in [0.1, 0.15) is 40.3 Å². The van der Waals surface area contributed by atoms with Crippen LogP contribution in [0, 0.1) is 5.82 Å². The van der Waals surface area contributed by atoms with Crippen molar-refractivity contribution in [3.63, 3.8) is 0 Å². The maximum Gasteiger partial charge on any atom is 0.407 e. The van der Waals surface area contributed by atoms with E-state index in [0.717, 1.165) is 0 Å². The Hall–Kier alpha value is -3.80. The molecule has 5 rings (SSSR count). The van der Waals surface area contributed by atoms with Crippen molar-refractivity contribution in [2.24, 2.45) is 0 Å². The lowest BCUT2D eigenvalue weighted by molar-refractivity contribution is -0.129. The zero-order valence-corrected chi connectivity index (χ0v) is 21.6. The third-order valence-electron chi connectivity index (χ3n) is 7.30. The fourth-order valence-corrected chi connectivity index (χ4v) is 5.58. The van der Waals surface area contributed by atoms with E-state index in [1.54, 1.807) is 9.80 Å². The van der Waals surface area contributed by atoms with Crippen molar-refractivity contribution in [3.05, 3.63) is 34.6 Å². The van der Waals surface area contributed by atoms with E-state index < -0.39 is 23.9 Å². The highest BCUT2D eigenvalue weighted by atomic mass is 35.5. The van der Waals surface area contributed by atoms with Gasteiger partial charge in [-0.05, 0) is 19.1 Å². The van der Waals surface area contributed by atoms with Crippen LogP contribution in [0.15, 0.2) is 18.2 Å². The first-order valence-corrected chi connectivity index (χ1v) is 12.6. The largest absolute Gasteiger partial charge is 0.507 e. The molecule has 0 spiro atoms. The van der Waals surface area contributed by atoms with Gasteiger partial charge in [-0.1, -0.05) is 17.7 Å². The number of aromatic hydroxyl groups is 1. The van der Waals surface area contributed by atoms with Gasteiger partial charge in [-0.3, -0.25) is 9.59 Å². The fraction of sp³-hybridized carbons (Fsp3) is 0.440. The Morgan fingerprint density at radius 2 is 1.82 bits per heavy atom. The minimum Gasteiger partial charge on any atom is -0.507 e. The number of fused-ring (bicyclic) bond motifs is 2. The molecule has 0 radical (unpaired) electrons. The quantitative estimate of drug-likeness (QED) is 0.587. The van der Waals surface area contributed by atoms with Gasteiger partial charge >= 0.3 is 6.09 Å². The molecule has 1 aromatic heterocycles. The Bertz CT molecular complexity index is 1310. The van der Waals surface area contributed by atoms with E-state index in [4.69, 9.17) is 16.3 Å². The van der Waals surface area contributed by atoms with Crippen LogP contribution in [0.5, 0.6) is 11.5 Å². The van der Waals surface area contributed by atoms with E-state index in [0.29, 0.717) is 19.6 Å². The van der Waals surface area contributed by atoms with Crippen LogP contribution in [0.3, 0.4) is 0 Å². The number of carbonyl (C=O) groups is 3. The van der Waals surface area contributed by atoms with Crippen LogP contribution in [0.25, 0.3) is 11.3 Å². The topological polar surface area (TPSA) is 127 Å². The third-order valence-corrected chi connectivity index (χ3v) is 7.65. The Kier molecular flexibility index (Phi) is 6.68. The summed E-state index contributed by atoms with van der Waals surface area (Å²) >= 11 is 6.72. The Balaban J connectivity index is 1.67. The zero-order valence-electron chi connectivity index (χ0n) is 20.9. The monoisotopic (exact) mass is 547 g/mol. The average molecular weight is 548 g/mol. The molecule has 2 saturated heterocycles. The van der Waals surface area contributed by atoms with E-state index in [-0.39, 0.29) is 77.4 Å². The number of phenols is 1. The molecule has 2 N–H and O–H groups in total. The zero-order chi connectivity index (χ0) is 27.3. The minimum absolute atomic E-state index is 0.00297. The first-order chi connectivity index (χ1) is 18.1. The predicted octanol–water partition coefficient (Wildman–Crippen LogP) is 2.50. The van der Waals surface area contributed by atoms with E-state index in [2.05, 4.69) is 4.98 Å². The first kappa shape index (κ1) is 25.8. The second kappa shape index (κ2) is 9.82. The summed E-state index contributed by atoms with van der Waals surface area (Å²) in [6, 6.07) is 2.99. The van der Waals surface area contributed by atoms with Crippen molar-refractivity contribution in [1.29, 1.82) is 0 Å². The lowest BCUT2D eigenvalue weighted by atomic mass is 10.0. The molecule has 202 valence electrons. The number of rotatable bonds is 2. The predicted molar refractivity (Wildman–Crippen MR) is 135 cm³/mol. The second-order valence-corrected chi connectivity index (χ2v) is 10.0. The molecule has 3 aliphatic rings. The van der Waals surface area contributed by atoms with Gasteiger partial charge in [0.15, 0.2) is 5.75 Å². The molecule has 0 aliphatic carbocycles. The van der Waals surface area contributed by atoms with Crippen molar-refractivity contribution in [3.8, 4) is 22.8 Å². The molecule has 2 aromatic rings. The Morgan fingerprint density at radius 3 is 2.47 bits per heavy atom. The van der Waals surface area contributed by atoms with Crippen molar-refractivity contribution in [2.75, 3.05) is 50.8 Å². The summed E-state index contributed by atoms with van der Waals surface area (Å²) in [6.07, 6.45) is -1.09. The molecule has 11 nitrogen and oxygen atoms in total. The second-order valence-electron chi connectivity index (χ2n) is 9.64. The Morgan fingerprint density at radius 1 is 1.11 bits per heavy atom. The van der Waals surface area contributed by atoms with E-state index in [9.17, 15) is 29.0 Å². The lowest BCUT2D eigenvalue weighted by Crippen LogP contribution is -2.57. The maximum atomic E-state index is 15.0. The molecule has 3 aliphatic heterocycles. The van der Waals surface area contributed by atoms with E-state index >= 15 is 0 Å². The molecule has 0 unspecified atom stereocenters. The number of halogens is 2. The molecular weight excluding hydrogens is 521 g/mol. The summed E-state index contributed by atoms with van der Waals surface area (Å²) in [5.74, 6) is -1.44. The summed E-state index contributed by atoms with van der Waals surface area (Å²) in [5, 5.41) is 19.8. The maximum absolute atomic E-state index is 15.0.